The smallest absolute Gasteiger partial charge is 0.191 e. The predicted octanol–water partition coefficient (Wildman–Crippen LogP) is 2.70. The van der Waals surface area contributed by atoms with Crippen LogP contribution in [-0.2, 0) is 5.41 Å². The topological polar surface area (TPSA) is 36.4 Å². The number of aliphatic imine (C=N–C) groups is 1. The molecule has 2 saturated carbocycles. The first kappa shape index (κ1) is 12.8. The van der Waals surface area contributed by atoms with Gasteiger partial charge in [0.2, 0.25) is 0 Å². The van der Waals surface area contributed by atoms with Gasteiger partial charge in [0.15, 0.2) is 5.96 Å². The maximum atomic E-state index is 6.09. The standard InChI is InChI=1S/C15H20ClN3/c1-17-14(19-13-5-6-13)18-10-15(7-8-15)11-3-2-4-12(16)9-11/h2-4,9,13H,5-8,10H2,1H3,(H2,17,18,19). The number of rotatable bonds is 4. The Bertz CT molecular complexity index is 490. The Balaban J connectivity index is 1.62. The van der Waals surface area contributed by atoms with Crippen molar-refractivity contribution in [2.45, 2.75) is 37.1 Å². The van der Waals surface area contributed by atoms with Gasteiger partial charge in [0.05, 0.1) is 0 Å². The van der Waals surface area contributed by atoms with E-state index in [1.807, 2.05) is 19.2 Å². The van der Waals surface area contributed by atoms with Gasteiger partial charge in [-0.3, -0.25) is 4.99 Å². The molecule has 0 amide bonds. The summed E-state index contributed by atoms with van der Waals surface area (Å²) < 4.78 is 0. The van der Waals surface area contributed by atoms with E-state index in [4.69, 9.17) is 11.6 Å². The Morgan fingerprint density at radius 2 is 2.21 bits per heavy atom. The third kappa shape index (κ3) is 3.03. The number of guanidine groups is 1. The SMILES string of the molecule is CN=C(NCC1(c2cccc(Cl)c2)CC1)NC1CC1. The fourth-order valence-corrected chi connectivity index (χ4v) is 2.60. The third-order valence-electron chi connectivity index (χ3n) is 4.03. The van der Waals surface area contributed by atoms with Crippen LogP contribution in [0.2, 0.25) is 5.02 Å². The lowest BCUT2D eigenvalue weighted by Crippen LogP contribution is -2.42. The van der Waals surface area contributed by atoms with E-state index in [1.54, 1.807) is 0 Å². The minimum atomic E-state index is 0.256. The largest absolute Gasteiger partial charge is 0.356 e. The molecular formula is C15H20ClN3. The van der Waals surface area contributed by atoms with Crippen LogP contribution in [0.1, 0.15) is 31.2 Å². The highest BCUT2D eigenvalue weighted by Gasteiger charge is 2.44. The van der Waals surface area contributed by atoms with Gasteiger partial charge >= 0.3 is 0 Å². The summed E-state index contributed by atoms with van der Waals surface area (Å²) in [5.74, 6) is 0.927. The highest BCUT2D eigenvalue weighted by molar-refractivity contribution is 6.30. The minimum absolute atomic E-state index is 0.256. The predicted molar refractivity (Wildman–Crippen MR) is 79.9 cm³/mol. The van der Waals surface area contributed by atoms with Crippen molar-refractivity contribution < 1.29 is 0 Å². The van der Waals surface area contributed by atoms with Crippen molar-refractivity contribution in [3.8, 4) is 0 Å². The van der Waals surface area contributed by atoms with Crippen molar-refractivity contribution in [3.05, 3.63) is 34.9 Å². The second-order valence-corrected chi connectivity index (χ2v) is 6.07. The van der Waals surface area contributed by atoms with Gasteiger partial charge in [-0.2, -0.15) is 0 Å². The lowest BCUT2D eigenvalue weighted by Gasteiger charge is -2.19. The van der Waals surface area contributed by atoms with Crippen molar-refractivity contribution in [3.63, 3.8) is 0 Å². The van der Waals surface area contributed by atoms with Crippen LogP contribution in [0, 0.1) is 0 Å². The first-order valence-electron chi connectivity index (χ1n) is 6.95. The molecule has 1 aromatic rings. The first-order chi connectivity index (χ1) is 9.22. The van der Waals surface area contributed by atoms with E-state index in [0.717, 1.165) is 17.5 Å². The average molecular weight is 278 g/mol. The molecule has 0 spiro atoms. The summed E-state index contributed by atoms with van der Waals surface area (Å²) >= 11 is 6.09. The molecular weight excluding hydrogens is 258 g/mol. The molecule has 2 fully saturated rings. The molecule has 1 aromatic carbocycles. The third-order valence-corrected chi connectivity index (χ3v) is 4.26. The van der Waals surface area contributed by atoms with Crippen molar-refractivity contribution in [1.29, 1.82) is 0 Å². The van der Waals surface area contributed by atoms with E-state index < -0.39 is 0 Å². The van der Waals surface area contributed by atoms with Crippen LogP contribution in [-0.4, -0.2) is 25.6 Å². The summed E-state index contributed by atoms with van der Waals surface area (Å²) in [5.41, 5.74) is 1.60. The molecule has 0 saturated heterocycles. The number of hydrogen-bond donors (Lipinski definition) is 2. The molecule has 0 unspecified atom stereocenters. The molecule has 2 aliphatic carbocycles. The number of hydrogen-bond acceptors (Lipinski definition) is 1. The molecule has 102 valence electrons. The van der Waals surface area contributed by atoms with E-state index in [-0.39, 0.29) is 5.41 Å². The van der Waals surface area contributed by atoms with Gasteiger partial charge in [-0.15, -0.1) is 0 Å². The fourth-order valence-electron chi connectivity index (χ4n) is 2.41. The van der Waals surface area contributed by atoms with Crippen LogP contribution < -0.4 is 10.6 Å². The van der Waals surface area contributed by atoms with Gasteiger partial charge in [0.25, 0.3) is 0 Å². The van der Waals surface area contributed by atoms with E-state index >= 15 is 0 Å². The van der Waals surface area contributed by atoms with Gasteiger partial charge in [-0.05, 0) is 43.4 Å². The van der Waals surface area contributed by atoms with Gasteiger partial charge in [0.1, 0.15) is 0 Å². The highest BCUT2D eigenvalue weighted by atomic mass is 35.5. The number of halogens is 1. The summed E-state index contributed by atoms with van der Waals surface area (Å²) in [4.78, 5) is 4.28. The molecule has 0 bridgehead atoms. The normalized spacial score (nSPS) is 21.1. The minimum Gasteiger partial charge on any atom is -0.356 e. The van der Waals surface area contributed by atoms with Crippen molar-refractivity contribution >= 4 is 17.6 Å². The molecule has 0 aromatic heterocycles. The van der Waals surface area contributed by atoms with Crippen LogP contribution >= 0.6 is 11.6 Å². The maximum absolute atomic E-state index is 6.09. The van der Waals surface area contributed by atoms with Crippen LogP contribution in [0.4, 0.5) is 0 Å². The zero-order valence-electron chi connectivity index (χ0n) is 11.2. The lowest BCUT2D eigenvalue weighted by atomic mass is 9.96. The Morgan fingerprint density at radius 3 is 2.79 bits per heavy atom. The summed E-state index contributed by atoms with van der Waals surface area (Å²) in [6.45, 7) is 0.930. The molecule has 3 nitrogen and oxygen atoms in total. The van der Waals surface area contributed by atoms with E-state index in [9.17, 15) is 0 Å². The molecule has 2 aliphatic rings. The maximum Gasteiger partial charge on any atom is 0.191 e. The second kappa shape index (κ2) is 5.04. The monoisotopic (exact) mass is 277 g/mol. The van der Waals surface area contributed by atoms with Gasteiger partial charge < -0.3 is 10.6 Å². The summed E-state index contributed by atoms with van der Waals surface area (Å²) in [6, 6.07) is 8.87. The van der Waals surface area contributed by atoms with Crippen LogP contribution in [0.15, 0.2) is 29.3 Å². The first-order valence-corrected chi connectivity index (χ1v) is 7.33. The van der Waals surface area contributed by atoms with Crippen LogP contribution in [0.5, 0.6) is 0 Å². The van der Waals surface area contributed by atoms with Crippen molar-refractivity contribution in [1.82, 2.24) is 10.6 Å². The molecule has 0 aliphatic heterocycles. The number of benzene rings is 1. The zero-order valence-corrected chi connectivity index (χ0v) is 12.0. The van der Waals surface area contributed by atoms with E-state index in [1.165, 1.54) is 31.2 Å². The second-order valence-electron chi connectivity index (χ2n) is 5.64. The highest BCUT2D eigenvalue weighted by Crippen LogP contribution is 2.48. The molecule has 0 atom stereocenters. The molecule has 19 heavy (non-hydrogen) atoms. The Hall–Kier alpha value is -1.22. The Labute approximate surface area is 119 Å². The van der Waals surface area contributed by atoms with Crippen LogP contribution in [0.3, 0.4) is 0 Å². The molecule has 0 radical (unpaired) electrons. The summed E-state index contributed by atoms with van der Waals surface area (Å²) in [6.07, 6.45) is 4.97. The van der Waals surface area contributed by atoms with Crippen molar-refractivity contribution in [2.75, 3.05) is 13.6 Å². The molecule has 2 N–H and O–H groups in total. The molecule has 0 heterocycles. The van der Waals surface area contributed by atoms with Crippen LogP contribution in [0.25, 0.3) is 0 Å². The average Bonchev–Trinajstić information content (AvgIpc) is 3.30. The quantitative estimate of drug-likeness (QED) is 0.656. The van der Waals surface area contributed by atoms with Gasteiger partial charge in [0, 0.05) is 30.1 Å². The molecule has 3 rings (SSSR count). The summed E-state index contributed by atoms with van der Waals surface area (Å²) in [7, 11) is 1.83. The Kier molecular flexibility index (Phi) is 3.40. The Morgan fingerprint density at radius 1 is 1.42 bits per heavy atom. The van der Waals surface area contributed by atoms with Crippen molar-refractivity contribution in [2.24, 2.45) is 4.99 Å². The van der Waals surface area contributed by atoms with E-state index in [2.05, 4.69) is 27.8 Å². The molecule has 4 heteroatoms. The number of nitrogens with one attached hydrogen (secondary N) is 2. The lowest BCUT2D eigenvalue weighted by molar-refractivity contribution is 0.645. The zero-order chi connectivity index (χ0) is 13.3. The number of nitrogens with zero attached hydrogens (tertiary/aromatic N) is 1. The van der Waals surface area contributed by atoms with Gasteiger partial charge in [-0.25, -0.2) is 0 Å². The summed E-state index contributed by atoms with van der Waals surface area (Å²) in [5, 5.41) is 7.70. The van der Waals surface area contributed by atoms with Gasteiger partial charge in [-0.1, -0.05) is 23.7 Å². The fraction of sp³-hybridized carbons (Fsp3) is 0.533. The van der Waals surface area contributed by atoms with E-state index in [0.29, 0.717) is 6.04 Å².